The number of aromatic nitrogens is 1. The van der Waals surface area contributed by atoms with Gasteiger partial charge in [-0.25, -0.2) is 0 Å². The Labute approximate surface area is 171 Å². The van der Waals surface area contributed by atoms with Gasteiger partial charge in [0.15, 0.2) is 0 Å². The molecule has 6 heteroatoms. The van der Waals surface area contributed by atoms with Crippen LogP contribution in [0.1, 0.15) is 34.7 Å². The molecule has 0 aliphatic carbocycles. The molecule has 2 aliphatic rings. The van der Waals surface area contributed by atoms with Crippen LogP contribution in [0.4, 0.5) is 5.69 Å². The minimum atomic E-state index is -0.306. The van der Waals surface area contributed by atoms with Gasteiger partial charge >= 0.3 is 0 Å². The van der Waals surface area contributed by atoms with Crippen LogP contribution in [0.2, 0.25) is 0 Å². The Balaban J connectivity index is 1.56. The Morgan fingerprint density at radius 1 is 1.21 bits per heavy atom. The predicted octanol–water partition coefficient (Wildman–Crippen LogP) is 2.53. The molecule has 2 unspecified atom stereocenters. The van der Waals surface area contributed by atoms with Crippen LogP contribution in [-0.2, 0) is 9.59 Å². The van der Waals surface area contributed by atoms with E-state index in [4.69, 9.17) is 0 Å². The third kappa shape index (κ3) is 3.77. The van der Waals surface area contributed by atoms with E-state index in [1.807, 2.05) is 42.0 Å². The standard InChI is InChI=1S/C23H28N4O2/c1-15-9-16(2)22(17(3)10-15)27-14-19(11-21(27)28)23(29)26-8-7-25-13-20(26)18-5-4-6-24-12-18/h4-6,9-10,12,19-20,25H,7-8,11,13-14H2,1-3H3. The lowest BCUT2D eigenvalue weighted by atomic mass is 10.0. The topological polar surface area (TPSA) is 65.5 Å². The van der Waals surface area contributed by atoms with Crippen LogP contribution >= 0.6 is 0 Å². The molecule has 1 aromatic heterocycles. The van der Waals surface area contributed by atoms with E-state index in [1.165, 1.54) is 5.56 Å². The molecular formula is C23H28N4O2. The average Bonchev–Trinajstić information content (AvgIpc) is 3.08. The van der Waals surface area contributed by atoms with Crippen molar-refractivity contribution in [1.82, 2.24) is 15.2 Å². The summed E-state index contributed by atoms with van der Waals surface area (Å²) in [7, 11) is 0. The number of anilines is 1. The molecule has 1 aromatic carbocycles. The summed E-state index contributed by atoms with van der Waals surface area (Å²) >= 11 is 0. The van der Waals surface area contributed by atoms with Gasteiger partial charge in [-0.15, -0.1) is 0 Å². The molecule has 6 nitrogen and oxygen atoms in total. The van der Waals surface area contributed by atoms with Gasteiger partial charge in [0.05, 0.1) is 12.0 Å². The fourth-order valence-corrected chi connectivity index (χ4v) is 4.76. The fraction of sp³-hybridized carbons (Fsp3) is 0.435. The van der Waals surface area contributed by atoms with Gasteiger partial charge in [-0.1, -0.05) is 23.8 Å². The zero-order valence-corrected chi connectivity index (χ0v) is 17.3. The molecule has 1 N–H and O–H groups in total. The number of aryl methyl sites for hydroxylation is 3. The second kappa shape index (κ2) is 7.95. The molecule has 0 bridgehead atoms. The molecule has 0 radical (unpaired) electrons. The summed E-state index contributed by atoms with van der Waals surface area (Å²) in [6.07, 6.45) is 3.84. The summed E-state index contributed by atoms with van der Waals surface area (Å²) in [5, 5.41) is 3.37. The lowest BCUT2D eigenvalue weighted by Crippen LogP contribution is -2.50. The van der Waals surface area contributed by atoms with Crippen LogP contribution in [0.5, 0.6) is 0 Å². The predicted molar refractivity (Wildman–Crippen MR) is 113 cm³/mol. The van der Waals surface area contributed by atoms with Crippen LogP contribution in [0.3, 0.4) is 0 Å². The van der Waals surface area contributed by atoms with Crippen LogP contribution in [-0.4, -0.2) is 47.9 Å². The van der Waals surface area contributed by atoms with E-state index in [0.717, 1.165) is 28.9 Å². The molecule has 0 saturated carbocycles. The zero-order valence-electron chi connectivity index (χ0n) is 17.3. The molecule has 0 spiro atoms. The van der Waals surface area contributed by atoms with Crippen molar-refractivity contribution in [1.29, 1.82) is 0 Å². The highest BCUT2D eigenvalue weighted by atomic mass is 16.2. The zero-order chi connectivity index (χ0) is 20.5. The van der Waals surface area contributed by atoms with Crippen molar-refractivity contribution in [2.24, 2.45) is 5.92 Å². The Kier molecular flexibility index (Phi) is 5.37. The highest BCUT2D eigenvalue weighted by molar-refractivity contribution is 6.01. The Bertz CT molecular complexity index is 905. The van der Waals surface area contributed by atoms with Gasteiger partial charge in [0, 0.05) is 50.7 Å². The van der Waals surface area contributed by atoms with Gasteiger partial charge < -0.3 is 15.1 Å². The number of carbonyl (C=O) groups excluding carboxylic acids is 2. The first-order chi connectivity index (χ1) is 14.0. The number of nitrogens with zero attached hydrogens (tertiary/aromatic N) is 3. The lowest BCUT2D eigenvalue weighted by molar-refractivity contribution is -0.139. The van der Waals surface area contributed by atoms with E-state index in [0.29, 0.717) is 19.6 Å². The van der Waals surface area contributed by atoms with E-state index < -0.39 is 0 Å². The third-order valence-electron chi connectivity index (χ3n) is 5.98. The molecule has 2 atom stereocenters. The first-order valence-electron chi connectivity index (χ1n) is 10.2. The molecule has 152 valence electrons. The molecule has 3 heterocycles. The van der Waals surface area contributed by atoms with Crippen molar-refractivity contribution in [3.8, 4) is 0 Å². The summed E-state index contributed by atoms with van der Waals surface area (Å²) in [4.78, 5) is 34.2. The first-order valence-corrected chi connectivity index (χ1v) is 10.2. The number of amides is 2. The smallest absolute Gasteiger partial charge is 0.228 e. The Hall–Kier alpha value is -2.73. The average molecular weight is 393 g/mol. The van der Waals surface area contributed by atoms with E-state index in [9.17, 15) is 9.59 Å². The summed E-state index contributed by atoms with van der Waals surface area (Å²) in [6.45, 7) is 8.70. The van der Waals surface area contributed by atoms with Crippen LogP contribution in [0, 0.1) is 26.7 Å². The molecule has 2 fully saturated rings. The largest absolute Gasteiger partial charge is 0.333 e. The van der Waals surface area contributed by atoms with Crippen molar-refractivity contribution in [2.75, 3.05) is 31.1 Å². The summed E-state index contributed by atoms with van der Waals surface area (Å²) < 4.78 is 0. The van der Waals surface area contributed by atoms with Gasteiger partial charge in [-0.2, -0.15) is 0 Å². The number of piperazine rings is 1. The van der Waals surface area contributed by atoms with Gasteiger partial charge in [0.25, 0.3) is 0 Å². The molecular weight excluding hydrogens is 364 g/mol. The maximum atomic E-state index is 13.4. The van der Waals surface area contributed by atoms with Crippen LogP contribution < -0.4 is 10.2 Å². The van der Waals surface area contributed by atoms with E-state index >= 15 is 0 Å². The van der Waals surface area contributed by atoms with Crippen LogP contribution in [0.25, 0.3) is 0 Å². The molecule has 4 rings (SSSR count). The van der Waals surface area contributed by atoms with Crippen molar-refractivity contribution in [2.45, 2.75) is 33.2 Å². The van der Waals surface area contributed by atoms with Crippen molar-refractivity contribution >= 4 is 17.5 Å². The maximum absolute atomic E-state index is 13.4. The number of hydrogen-bond acceptors (Lipinski definition) is 4. The van der Waals surface area contributed by atoms with Crippen molar-refractivity contribution < 1.29 is 9.59 Å². The van der Waals surface area contributed by atoms with E-state index in [2.05, 4.69) is 29.4 Å². The van der Waals surface area contributed by atoms with E-state index in [1.54, 1.807) is 6.20 Å². The number of carbonyl (C=O) groups is 2. The SMILES string of the molecule is Cc1cc(C)c(N2CC(C(=O)N3CCNCC3c3cccnc3)CC2=O)c(C)c1. The quantitative estimate of drug-likeness (QED) is 0.872. The minimum Gasteiger partial charge on any atom is -0.333 e. The Morgan fingerprint density at radius 3 is 2.66 bits per heavy atom. The second-order valence-corrected chi connectivity index (χ2v) is 8.19. The fourth-order valence-electron chi connectivity index (χ4n) is 4.76. The highest BCUT2D eigenvalue weighted by Gasteiger charge is 2.40. The number of pyridine rings is 1. The first kappa shape index (κ1) is 19.6. The molecule has 2 aliphatic heterocycles. The number of hydrogen-bond donors (Lipinski definition) is 1. The number of nitrogens with one attached hydrogen (secondary N) is 1. The molecule has 2 aromatic rings. The highest BCUT2D eigenvalue weighted by Crippen LogP contribution is 2.33. The monoisotopic (exact) mass is 392 g/mol. The van der Waals surface area contributed by atoms with Gasteiger partial charge in [0.1, 0.15) is 0 Å². The minimum absolute atomic E-state index is 0.0338. The lowest BCUT2D eigenvalue weighted by Gasteiger charge is -2.37. The molecule has 2 saturated heterocycles. The van der Waals surface area contributed by atoms with E-state index in [-0.39, 0.29) is 30.2 Å². The molecule has 2 amide bonds. The summed E-state index contributed by atoms with van der Waals surface area (Å²) in [6, 6.07) is 8.06. The van der Waals surface area contributed by atoms with Crippen LogP contribution in [0.15, 0.2) is 36.7 Å². The van der Waals surface area contributed by atoms with Gasteiger partial charge in [-0.3, -0.25) is 14.6 Å². The van der Waals surface area contributed by atoms with Gasteiger partial charge in [0.2, 0.25) is 11.8 Å². The van der Waals surface area contributed by atoms with Gasteiger partial charge in [-0.05, 0) is 43.5 Å². The molecule has 29 heavy (non-hydrogen) atoms. The normalized spacial score (nSPS) is 22.2. The summed E-state index contributed by atoms with van der Waals surface area (Å²) in [5.41, 5.74) is 5.33. The Morgan fingerprint density at radius 2 is 1.97 bits per heavy atom. The maximum Gasteiger partial charge on any atom is 0.228 e. The number of benzene rings is 1. The second-order valence-electron chi connectivity index (χ2n) is 8.19. The third-order valence-corrected chi connectivity index (χ3v) is 5.98. The number of rotatable bonds is 3. The van der Waals surface area contributed by atoms with Crippen molar-refractivity contribution in [3.63, 3.8) is 0 Å². The van der Waals surface area contributed by atoms with Crippen molar-refractivity contribution in [3.05, 3.63) is 58.9 Å². The summed E-state index contributed by atoms with van der Waals surface area (Å²) in [5.74, 6) is -0.204.